The third-order valence-corrected chi connectivity index (χ3v) is 7.85. The highest BCUT2D eigenvalue weighted by Crippen LogP contribution is 2.39. The molecule has 5 nitrogen and oxygen atoms in total. The van der Waals surface area contributed by atoms with Gasteiger partial charge < -0.3 is 19.6 Å². The van der Waals surface area contributed by atoms with Gasteiger partial charge in [-0.3, -0.25) is 4.90 Å². The highest BCUT2D eigenvalue weighted by molar-refractivity contribution is 7.19. The first-order chi connectivity index (χ1) is 15.6. The van der Waals surface area contributed by atoms with Gasteiger partial charge in [0.1, 0.15) is 24.2 Å². The van der Waals surface area contributed by atoms with Crippen molar-refractivity contribution in [3.8, 4) is 11.5 Å². The molecule has 1 aliphatic rings. The summed E-state index contributed by atoms with van der Waals surface area (Å²) in [5.74, 6) is 2.30. The first-order valence-corrected chi connectivity index (χ1v) is 12.1. The van der Waals surface area contributed by atoms with E-state index in [0.29, 0.717) is 25.1 Å². The van der Waals surface area contributed by atoms with Gasteiger partial charge in [-0.05, 0) is 80.1 Å². The van der Waals surface area contributed by atoms with Gasteiger partial charge >= 0.3 is 0 Å². The Kier molecular flexibility index (Phi) is 6.09. The summed E-state index contributed by atoms with van der Waals surface area (Å²) in [5.41, 5.74) is 1.05. The van der Waals surface area contributed by atoms with E-state index in [-0.39, 0.29) is 0 Å². The molecule has 3 heterocycles. The zero-order valence-corrected chi connectivity index (χ0v) is 19.4. The number of aliphatic hydroxyl groups is 1. The molecule has 3 atom stereocenters. The predicted molar refractivity (Wildman–Crippen MR) is 131 cm³/mol. The summed E-state index contributed by atoms with van der Waals surface area (Å²) in [7, 11) is 1.72. The number of likely N-dealkylation sites (tertiary alicyclic amines) is 1. The molecule has 2 N–H and O–H groups in total. The predicted octanol–water partition coefficient (Wildman–Crippen LogP) is 5.40. The maximum absolute atomic E-state index is 10.6. The van der Waals surface area contributed by atoms with Crippen LogP contribution in [0.2, 0.25) is 0 Å². The van der Waals surface area contributed by atoms with E-state index in [1.165, 1.54) is 15.0 Å². The lowest BCUT2D eigenvalue weighted by molar-refractivity contribution is 0.0408. The number of benzene rings is 2. The summed E-state index contributed by atoms with van der Waals surface area (Å²) >= 11 is 1.89. The number of nitrogens with one attached hydrogen (secondary N) is 1. The number of hydrogen-bond acceptors (Lipinski definition) is 5. The van der Waals surface area contributed by atoms with Crippen LogP contribution in [0.1, 0.15) is 30.6 Å². The maximum atomic E-state index is 10.6. The highest BCUT2D eigenvalue weighted by atomic mass is 32.1. The lowest BCUT2D eigenvalue weighted by atomic mass is 9.90. The molecule has 4 aromatic rings. The van der Waals surface area contributed by atoms with Crippen LogP contribution in [0.25, 0.3) is 21.0 Å². The van der Waals surface area contributed by atoms with Crippen molar-refractivity contribution in [3.63, 3.8) is 0 Å². The van der Waals surface area contributed by atoms with Crippen molar-refractivity contribution in [3.05, 3.63) is 59.6 Å². The third-order valence-electron chi connectivity index (χ3n) is 6.59. The van der Waals surface area contributed by atoms with Crippen molar-refractivity contribution in [1.82, 2.24) is 9.88 Å². The summed E-state index contributed by atoms with van der Waals surface area (Å²) in [4.78, 5) is 7.06. The Bertz CT molecular complexity index is 1200. The molecule has 0 spiro atoms. The van der Waals surface area contributed by atoms with Gasteiger partial charge in [0.25, 0.3) is 0 Å². The number of aliphatic hydroxyl groups excluding tert-OH is 1. The highest BCUT2D eigenvalue weighted by Gasteiger charge is 2.29. The van der Waals surface area contributed by atoms with Gasteiger partial charge in [0.2, 0.25) is 0 Å². The van der Waals surface area contributed by atoms with E-state index in [1.54, 1.807) is 7.11 Å². The summed E-state index contributed by atoms with van der Waals surface area (Å²) < 4.78 is 12.6. The number of ether oxygens (including phenoxy) is 2. The van der Waals surface area contributed by atoms with Crippen molar-refractivity contribution in [1.29, 1.82) is 0 Å². The van der Waals surface area contributed by atoms with E-state index in [4.69, 9.17) is 9.47 Å². The van der Waals surface area contributed by atoms with Crippen molar-refractivity contribution in [2.45, 2.75) is 37.8 Å². The van der Waals surface area contributed by atoms with Gasteiger partial charge in [0.15, 0.2) is 0 Å². The van der Waals surface area contributed by atoms with Crippen LogP contribution < -0.4 is 9.47 Å². The fourth-order valence-electron chi connectivity index (χ4n) is 4.80. The van der Waals surface area contributed by atoms with Crippen molar-refractivity contribution >= 4 is 32.3 Å². The van der Waals surface area contributed by atoms with Crippen molar-refractivity contribution < 1.29 is 14.6 Å². The lowest BCUT2D eigenvalue weighted by Crippen LogP contribution is -2.45. The molecule has 5 rings (SSSR count). The second-order valence-corrected chi connectivity index (χ2v) is 9.89. The molecule has 1 fully saturated rings. The lowest BCUT2D eigenvalue weighted by Gasteiger charge is -2.38. The molecule has 2 aromatic carbocycles. The van der Waals surface area contributed by atoms with Gasteiger partial charge in [-0.2, -0.15) is 0 Å². The molecule has 0 unspecified atom stereocenters. The Morgan fingerprint density at radius 3 is 2.97 bits per heavy atom. The van der Waals surface area contributed by atoms with Crippen LogP contribution in [0.3, 0.4) is 0 Å². The number of hydrogen-bond donors (Lipinski definition) is 2. The standard InChI is InChI=1S/C26H30N2O3S/c1-17-12-19(25-13-18-6-7-21(30-2)14-26(18)32-25)9-11-28(17)15-20(29)16-31-24-5-3-4-23-22(24)8-10-27-23/h3-8,10,13-14,17,19-20,27,29H,9,11-12,15-16H2,1-2H3/t17-,19+,20-/m0/s1. The summed E-state index contributed by atoms with van der Waals surface area (Å²) in [5, 5.41) is 13.0. The maximum Gasteiger partial charge on any atom is 0.128 e. The van der Waals surface area contributed by atoms with Gasteiger partial charge in [-0.25, -0.2) is 0 Å². The number of methoxy groups -OCH3 is 1. The minimum atomic E-state index is -0.514. The minimum absolute atomic E-state index is 0.301. The number of piperidine rings is 1. The molecule has 1 saturated heterocycles. The topological polar surface area (TPSA) is 57.7 Å². The van der Waals surface area contributed by atoms with E-state index in [1.807, 2.05) is 47.9 Å². The Hall–Kier alpha value is -2.54. The molecule has 0 radical (unpaired) electrons. The molecule has 6 heteroatoms. The molecule has 32 heavy (non-hydrogen) atoms. The Morgan fingerprint density at radius 1 is 1.22 bits per heavy atom. The molecule has 2 aromatic heterocycles. The van der Waals surface area contributed by atoms with Gasteiger partial charge in [-0.15, -0.1) is 11.3 Å². The van der Waals surface area contributed by atoms with Crippen LogP contribution in [0.5, 0.6) is 11.5 Å². The van der Waals surface area contributed by atoms with Crippen molar-refractivity contribution in [2.75, 3.05) is 26.8 Å². The average molecular weight is 451 g/mol. The fraction of sp³-hybridized carbons (Fsp3) is 0.385. The van der Waals surface area contributed by atoms with Crippen molar-refractivity contribution in [2.24, 2.45) is 0 Å². The number of nitrogens with zero attached hydrogens (tertiary/aromatic N) is 1. The Labute approximate surface area is 192 Å². The van der Waals surface area contributed by atoms with Crippen LogP contribution >= 0.6 is 11.3 Å². The molecular formula is C26H30N2O3S. The van der Waals surface area contributed by atoms with Crippen LogP contribution in [-0.4, -0.2) is 53.9 Å². The molecular weight excluding hydrogens is 420 g/mol. The molecule has 0 aliphatic carbocycles. The summed E-state index contributed by atoms with van der Waals surface area (Å²) in [6.07, 6.45) is 3.62. The largest absolute Gasteiger partial charge is 0.497 e. The minimum Gasteiger partial charge on any atom is -0.497 e. The molecule has 168 valence electrons. The molecule has 1 aliphatic heterocycles. The summed E-state index contributed by atoms with van der Waals surface area (Å²) in [6, 6.07) is 17.0. The first kappa shape index (κ1) is 21.3. The quantitative estimate of drug-likeness (QED) is 0.396. The van der Waals surface area contributed by atoms with E-state index < -0.39 is 6.10 Å². The number of H-pyrrole nitrogens is 1. The normalized spacial score (nSPS) is 20.6. The Balaban J connectivity index is 1.17. The van der Waals surface area contributed by atoms with Crippen LogP contribution in [0.15, 0.2) is 54.7 Å². The zero-order chi connectivity index (χ0) is 22.1. The first-order valence-electron chi connectivity index (χ1n) is 11.3. The Morgan fingerprint density at radius 2 is 2.12 bits per heavy atom. The number of aromatic nitrogens is 1. The van der Waals surface area contributed by atoms with Crippen LogP contribution in [-0.2, 0) is 0 Å². The number of rotatable bonds is 7. The van der Waals surface area contributed by atoms with E-state index >= 15 is 0 Å². The van der Waals surface area contributed by atoms with Gasteiger partial charge in [0.05, 0.1) is 7.11 Å². The smallest absolute Gasteiger partial charge is 0.128 e. The second-order valence-electron chi connectivity index (χ2n) is 8.78. The number of aromatic amines is 1. The van der Waals surface area contributed by atoms with Crippen LogP contribution in [0, 0.1) is 0 Å². The average Bonchev–Trinajstić information content (AvgIpc) is 3.45. The van der Waals surface area contributed by atoms with Gasteiger partial charge in [-0.1, -0.05) is 6.07 Å². The number of β-amino-alcohol motifs (C(OH)–C–C–N with tert-alkyl or cyclic N) is 1. The van der Waals surface area contributed by atoms with Gasteiger partial charge in [0, 0.05) is 39.3 Å². The molecule has 0 amide bonds. The fourth-order valence-corrected chi connectivity index (χ4v) is 6.04. The monoisotopic (exact) mass is 450 g/mol. The SMILES string of the molecule is COc1ccc2cc([C@@H]3CCN(C[C@H](O)COc4cccc5[nH]ccc45)[C@@H](C)C3)sc2c1. The van der Waals surface area contributed by atoms with E-state index in [9.17, 15) is 5.11 Å². The van der Waals surface area contributed by atoms with E-state index in [2.05, 4.69) is 35.0 Å². The zero-order valence-electron chi connectivity index (χ0n) is 18.6. The van der Waals surface area contributed by atoms with Crippen LogP contribution in [0.4, 0.5) is 0 Å². The number of fused-ring (bicyclic) bond motifs is 2. The molecule has 0 saturated carbocycles. The van der Waals surface area contributed by atoms with E-state index in [0.717, 1.165) is 41.8 Å². The summed E-state index contributed by atoms with van der Waals surface area (Å²) in [6.45, 7) is 4.21. The third kappa shape index (κ3) is 4.35. The number of thiophene rings is 1. The second kappa shape index (κ2) is 9.14. The molecule has 0 bridgehead atoms.